The van der Waals surface area contributed by atoms with Gasteiger partial charge in [0, 0.05) is 122 Å². The van der Waals surface area contributed by atoms with E-state index in [1.54, 1.807) is 0 Å². The molecule has 83 heavy (non-hydrogen) atoms. The number of hydrogen-bond donors (Lipinski definition) is 4. The first kappa shape index (κ1) is 65.3. The van der Waals surface area contributed by atoms with Crippen LogP contribution in [-0.2, 0) is 30.5 Å². The fourth-order valence-electron chi connectivity index (χ4n) is 11.2. The number of hydrogen-bond acceptors (Lipinski definition) is 9. The van der Waals surface area contributed by atoms with Crippen molar-refractivity contribution >= 4 is 40.4 Å². The SMILES string of the molecule is C.CC(C)I.Cc1cc(C)c(-c2nc3c([nH]2)CCN(C(C)C)CC3)cc1C(=O)N1CCC(c2ccc(C#N)cc2)CC1.Cc1cc(C)c(-c2nc3c([nH]2)CCNCC3)cc1C(=O)N1CCC(c2ccc(C#N)cc2)CC1.O=C(O)C(F)(F)F. The Morgan fingerprint density at radius 1 is 0.614 bits per heavy atom. The van der Waals surface area contributed by atoms with Gasteiger partial charge in [-0.2, -0.15) is 23.7 Å². The van der Waals surface area contributed by atoms with E-state index in [0.29, 0.717) is 29.0 Å². The zero-order chi connectivity index (χ0) is 59.4. The lowest BCUT2D eigenvalue weighted by molar-refractivity contribution is -0.192. The number of alkyl halides is 4. The molecule has 6 heterocycles. The number of aliphatic carboxylic acids is 1. The van der Waals surface area contributed by atoms with Crippen molar-refractivity contribution in [3.8, 4) is 34.9 Å². The lowest BCUT2D eigenvalue weighted by Gasteiger charge is -2.32. The van der Waals surface area contributed by atoms with E-state index in [1.165, 1.54) is 22.5 Å². The van der Waals surface area contributed by atoms with Crippen LogP contribution in [-0.4, -0.2) is 126 Å². The fraction of sp³-hybridized carbons (Fsp3) is 0.462. The van der Waals surface area contributed by atoms with Crippen LogP contribution in [0.5, 0.6) is 0 Å². The smallest absolute Gasteiger partial charge is 0.475 e. The molecule has 2 aromatic heterocycles. The minimum Gasteiger partial charge on any atom is -0.475 e. The molecule has 0 aliphatic carbocycles. The summed E-state index contributed by atoms with van der Waals surface area (Å²) >= 11 is 2.34. The van der Waals surface area contributed by atoms with Crippen LogP contribution in [0, 0.1) is 50.4 Å². The van der Waals surface area contributed by atoms with E-state index >= 15 is 0 Å². The van der Waals surface area contributed by atoms with E-state index in [4.69, 9.17) is 30.4 Å². The number of benzene rings is 4. The quantitative estimate of drug-likeness (QED) is 0.0881. The summed E-state index contributed by atoms with van der Waals surface area (Å²) in [6.07, 6.45) is 2.48. The van der Waals surface area contributed by atoms with E-state index in [1.807, 2.05) is 54.0 Å². The van der Waals surface area contributed by atoms with Gasteiger partial charge >= 0.3 is 12.1 Å². The Morgan fingerprint density at radius 2 is 0.988 bits per heavy atom. The topological polar surface area (TPSA) is 198 Å². The molecular weight excluding hydrogens is 1170 g/mol. The zero-order valence-corrected chi connectivity index (χ0v) is 50.5. The number of fused-ring (bicyclic) bond motifs is 2. The van der Waals surface area contributed by atoms with Crippen molar-refractivity contribution in [2.45, 2.75) is 142 Å². The van der Waals surface area contributed by atoms with Gasteiger partial charge in [-0.15, -0.1) is 0 Å². The van der Waals surface area contributed by atoms with Crippen molar-refractivity contribution in [3.63, 3.8) is 0 Å². The average molecular weight is 1250 g/mol. The second-order valence-corrected chi connectivity index (χ2v) is 24.8. The number of aryl methyl sites for hydroxylation is 4. The number of carbonyl (C=O) groups is 3. The van der Waals surface area contributed by atoms with Crippen LogP contribution < -0.4 is 5.32 Å². The van der Waals surface area contributed by atoms with Gasteiger partial charge in [0.05, 0.1) is 34.7 Å². The summed E-state index contributed by atoms with van der Waals surface area (Å²) in [5.74, 6) is 0.0719. The maximum atomic E-state index is 13.6. The third-order valence-electron chi connectivity index (χ3n) is 15.8. The fourth-order valence-corrected chi connectivity index (χ4v) is 11.2. The minimum absolute atomic E-state index is 0. The Balaban J connectivity index is 0.000000224. The number of carbonyl (C=O) groups excluding carboxylic acids is 2. The van der Waals surface area contributed by atoms with Crippen LogP contribution in [0.25, 0.3) is 22.8 Å². The minimum atomic E-state index is -5.08. The number of carboxylic acid groups (broad SMARTS) is 1. The number of amides is 2. The monoisotopic (exact) mass is 1250 g/mol. The molecule has 4 N–H and O–H groups in total. The third-order valence-corrected chi connectivity index (χ3v) is 15.8. The maximum Gasteiger partial charge on any atom is 0.490 e. The van der Waals surface area contributed by atoms with Gasteiger partial charge in [-0.3, -0.25) is 9.59 Å². The number of aromatic amines is 2. The van der Waals surface area contributed by atoms with Crippen molar-refractivity contribution in [2.24, 2.45) is 0 Å². The van der Waals surface area contributed by atoms with Gasteiger partial charge < -0.3 is 35.1 Å². The lowest BCUT2D eigenvalue weighted by atomic mass is 9.88. The molecule has 0 spiro atoms. The molecule has 10 rings (SSSR count). The maximum absolute atomic E-state index is 13.6. The Labute approximate surface area is 501 Å². The number of likely N-dealkylation sites (tertiary alicyclic amines) is 2. The summed E-state index contributed by atoms with van der Waals surface area (Å²) in [6, 6.07) is 29.0. The molecule has 2 fully saturated rings. The highest BCUT2D eigenvalue weighted by Gasteiger charge is 2.38. The van der Waals surface area contributed by atoms with Crippen LogP contribution in [0.15, 0.2) is 72.8 Å². The first-order valence-corrected chi connectivity index (χ1v) is 29.7. The number of rotatable bonds is 7. The van der Waals surface area contributed by atoms with Gasteiger partial charge in [0.25, 0.3) is 11.8 Å². The number of nitrogens with one attached hydrogen (secondary N) is 3. The molecule has 0 unspecified atom stereocenters. The molecule has 18 heteroatoms. The van der Waals surface area contributed by atoms with Gasteiger partial charge in [-0.05, 0) is 149 Å². The standard InChI is InChI=1S/C31H37N5O.C28H31N5O.C3H7I.C2HF3O2.CH4/c1-20(2)35-15-11-28-29(12-16-35)34-30(33-28)26-18-27(22(4)17-21(26)3)31(37)36-13-9-25(10-14-36)24-7-5-23(19-32)6-8-24;1-18-15-19(2)24(16-23(18)27-31-25-7-11-30-12-8-26(25)32-27)28(34)33-13-9-22(10-14-33)21-5-3-20(17-29)4-6-21;1-3(2)4;3-2(4,5)1(6)7;/h5-8,17-18,20,25H,9-16H2,1-4H3,(H,33,34);3-6,15-16,22,30H,7-14H2,1-2H3,(H,31,32);3H,1-2H3;(H,6,7);1H4. The van der Waals surface area contributed by atoms with E-state index in [-0.39, 0.29) is 19.2 Å². The Morgan fingerprint density at radius 3 is 1.37 bits per heavy atom. The van der Waals surface area contributed by atoms with Gasteiger partial charge in [0.2, 0.25) is 0 Å². The van der Waals surface area contributed by atoms with Gasteiger partial charge in [-0.25, -0.2) is 14.8 Å². The number of halogens is 4. The number of aromatic nitrogens is 4. The number of nitriles is 2. The van der Waals surface area contributed by atoms with Crippen LogP contribution in [0.4, 0.5) is 13.2 Å². The summed E-state index contributed by atoms with van der Waals surface area (Å²) in [6.45, 7) is 24.0. The summed E-state index contributed by atoms with van der Waals surface area (Å²) < 4.78 is 32.5. The van der Waals surface area contributed by atoms with Crippen molar-refractivity contribution in [1.29, 1.82) is 10.5 Å². The predicted octanol–water partition coefficient (Wildman–Crippen LogP) is 12.8. The van der Waals surface area contributed by atoms with Gasteiger partial charge in [0.15, 0.2) is 0 Å². The van der Waals surface area contributed by atoms with Crippen LogP contribution in [0.3, 0.4) is 0 Å². The number of carboxylic acids is 1. The normalized spacial score (nSPS) is 15.7. The molecule has 0 saturated carbocycles. The van der Waals surface area contributed by atoms with Gasteiger partial charge in [0.1, 0.15) is 11.6 Å². The van der Waals surface area contributed by atoms with E-state index in [0.717, 1.165) is 175 Å². The molecule has 442 valence electrons. The average Bonchev–Trinajstić information content (AvgIpc) is 4.09. The summed E-state index contributed by atoms with van der Waals surface area (Å²) in [4.78, 5) is 59.6. The van der Waals surface area contributed by atoms with Crippen molar-refractivity contribution in [3.05, 3.63) is 151 Å². The van der Waals surface area contributed by atoms with Crippen molar-refractivity contribution < 1.29 is 32.7 Å². The molecule has 0 bridgehead atoms. The van der Waals surface area contributed by atoms with Crippen molar-refractivity contribution in [1.82, 2.24) is 40.0 Å². The van der Waals surface area contributed by atoms with E-state index in [9.17, 15) is 22.8 Å². The largest absolute Gasteiger partial charge is 0.490 e. The molecule has 4 aliphatic rings. The predicted molar refractivity (Wildman–Crippen MR) is 329 cm³/mol. The number of imidazole rings is 2. The number of nitrogens with zero attached hydrogens (tertiary/aromatic N) is 7. The van der Waals surface area contributed by atoms with Crippen LogP contribution >= 0.6 is 22.6 Å². The van der Waals surface area contributed by atoms with Gasteiger partial charge in [-0.1, -0.05) is 80.3 Å². The number of H-pyrrole nitrogens is 2. The van der Waals surface area contributed by atoms with Crippen LogP contribution in [0.2, 0.25) is 0 Å². The molecule has 0 radical (unpaired) electrons. The first-order chi connectivity index (χ1) is 39.0. The summed E-state index contributed by atoms with van der Waals surface area (Å²) in [7, 11) is 0. The molecule has 0 atom stereocenters. The Hall–Kier alpha value is -6.87. The second kappa shape index (κ2) is 29.6. The highest BCUT2D eigenvalue weighted by molar-refractivity contribution is 14.1. The highest BCUT2D eigenvalue weighted by atomic mass is 127. The van der Waals surface area contributed by atoms with Crippen molar-refractivity contribution in [2.75, 3.05) is 52.4 Å². The molecule has 2 saturated heterocycles. The van der Waals surface area contributed by atoms with E-state index < -0.39 is 12.1 Å². The Bertz CT molecular complexity index is 3210. The summed E-state index contributed by atoms with van der Waals surface area (Å²) in [5.41, 5.74) is 16.5. The molecule has 4 aliphatic heterocycles. The lowest BCUT2D eigenvalue weighted by Crippen LogP contribution is -2.38. The molecule has 2 amide bonds. The highest BCUT2D eigenvalue weighted by Crippen LogP contribution is 2.34. The first-order valence-electron chi connectivity index (χ1n) is 28.4. The molecular formula is C65H80F3IN10O4. The molecule has 6 aromatic rings. The molecule has 4 aromatic carbocycles. The third kappa shape index (κ3) is 17.1. The Kier molecular flexibility index (Phi) is 23.3. The van der Waals surface area contributed by atoms with Crippen LogP contribution in [0.1, 0.15) is 161 Å². The van der Waals surface area contributed by atoms with E-state index in [2.05, 4.69) is 139 Å². The summed E-state index contributed by atoms with van der Waals surface area (Å²) in [5, 5.41) is 28.6. The second-order valence-electron chi connectivity index (χ2n) is 22.3. The molecule has 14 nitrogen and oxygen atoms in total. The number of piperidine rings is 2. The zero-order valence-electron chi connectivity index (χ0n) is 48.4.